The maximum Gasteiger partial charge on any atom is 0.246 e. The van der Waals surface area contributed by atoms with Crippen LogP contribution in [0.2, 0.25) is 0 Å². The SMILES string of the molecule is CC(C)c1ccc2c(N3CCN(C(=O)/C=C/CN(C)C)CC3=O)c[nH]c2c1. The van der Waals surface area contributed by atoms with Crippen LogP contribution in [0.5, 0.6) is 0 Å². The third-order valence-corrected chi connectivity index (χ3v) is 4.90. The number of likely N-dealkylation sites (N-methyl/N-ethyl adjacent to an activating group) is 1. The van der Waals surface area contributed by atoms with Crippen LogP contribution in [0.4, 0.5) is 5.69 Å². The lowest BCUT2D eigenvalue weighted by atomic mass is 10.0. The predicted octanol–water partition coefficient (Wildman–Crippen LogP) is 2.58. The van der Waals surface area contributed by atoms with Gasteiger partial charge >= 0.3 is 0 Å². The molecule has 1 aromatic carbocycles. The van der Waals surface area contributed by atoms with Crippen LogP contribution < -0.4 is 4.90 Å². The van der Waals surface area contributed by atoms with Crippen molar-refractivity contribution in [1.29, 1.82) is 0 Å². The highest BCUT2D eigenvalue weighted by molar-refractivity contribution is 6.06. The second-order valence-corrected chi connectivity index (χ2v) is 7.60. The van der Waals surface area contributed by atoms with E-state index in [-0.39, 0.29) is 18.4 Å². The van der Waals surface area contributed by atoms with Crippen molar-refractivity contribution < 1.29 is 9.59 Å². The summed E-state index contributed by atoms with van der Waals surface area (Å²) in [5.41, 5.74) is 3.19. The maximum absolute atomic E-state index is 12.7. The van der Waals surface area contributed by atoms with Crippen LogP contribution in [0.3, 0.4) is 0 Å². The lowest BCUT2D eigenvalue weighted by Crippen LogP contribution is -2.52. The normalized spacial score (nSPS) is 15.7. The summed E-state index contributed by atoms with van der Waals surface area (Å²) < 4.78 is 0. The quantitative estimate of drug-likeness (QED) is 0.825. The van der Waals surface area contributed by atoms with Gasteiger partial charge in [0.2, 0.25) is 11.8 Å². The van der Waals surface area contributed by atoms with E-state index in [1.54, 1.807) is 15.9 Å². The smallest absolute Gasteiger partial charge is 0.246 e. The van der Waals surface area contributed by atoms with Crippen molar-refractivity contribution in [2.24, 2.45) is 0 Å². The third-order valence-electron chi connectivity index (χ3n) is 4.90. The predicted molar refractivity (Wildman–Crippen MR) is 109 cm³/mol. The number of aromatic nitrogens is 1. The van der Waals surface area contributed by atoms with Crippen LogP contribution in [0.1, 0.15) is 25.3 Å². The van der Waals surface area contributed by atoms with E-state index in [4.69, 9.17) is 0 Å². The van der Waals surface area contributed by atoms with Gasteiger partial charge in [-0.3, -0.25) is 9.59 Å². The average molecular weight is 368 g/mol. The number of amides is 2. The van der Waals surface area contributed by atoms with Gasteiger partial charge in [0.1, 0.15) is 6.54 Å². The van der Waals surface area contributed by atoms with Crippen molar-refractivity contribution in [3.05, 3.63) is 42.1 Å². The minimum atomic E-state index is -0.106. The summed E-state index contributed by atoms with van der Waals surface area (Å²) in [7, 11) is 3.89. The maximum atomic E-state index is 12.7. The number of fused-ring (bicyclic) bond motifs is 1. The number of H-pyrrole nitrogens is 1. The first kappa shape index (κ1) is 19.2. The number of hydrogen-bond acceptors (Lipinski definition) is 3. The average Bonchev–Trinajstić information content (AvgIpc) is 3.04. The first-order chi connectivity index (χ1) is 12.9. The number of aromatic amines is 1. The molecular formula is C21H28N4O2. The second-order valence-electron chi connectivity index (χ2n) is 7.60. The molecule has 1 aromatic heterocycles. The van der Waals surface area contributed by atoms with E-state index in [2.05, 4.69) is 37.0 Å². The Hall–Kier alpha value is -2.60. The van der Waals surface area contributed by atoms with E-state index in [9.17, 15) is 9.59 Å². The molecular weight excluding hydrogens is 340 g/mol. The molecule has 1 fully saturated rings. The van der Waals surface area contributed by atoms with Crippen LogP contribution in [0.15, 0.2) is 36.5 Å². The molecule has 144 valence electrons. The zero-order valence-corrected chi connectivity index (χ0v) is 16.5. The number of anilines is 1. The summed E-state index contributed by atoms with van der Waals surface area (Å²) in [5, 5.41) is 1.04. The lowest BCUT2D eigenvalue weighted by Gasteiger charge is -2.33. The van der Waals surface area contributed by atoms with E-state index in [1.165, 1.54) is 5.56 Å². The van der Waals surface area contributed by atoms with Gasteiger partial charge in [0.15, 0.2) is 0 Å². The Morgan fingerprint density at radius 2 is 2.07 bits per heavy atom. The molecule has 27 heavy (non-hydrogen) atoms. The number of nitrogens with one attached hydrogen (secondary N) is 1. The first-order valence-electron chi connectivity index (χ1n) is 9.38. The molecule has 2 heterocycles. The molecule has 2 aromatic rings. The Bertz CT molecular complexity index is 866. The second kappa shape index (κ2) is 7.96. The molecule has 0 spiro atoms. The van der Waals surface area contributed by atoms with Crippen LogP contribution in [-0.2, 0) is 9.59 Å². The number of carbonyl (C=O) groups excluding carboxylic acids is 2. The summed E-state index contributed by atoms with van der Waals surface area (Å²) in [4.78, 5) is 33.6. The molecule has 0 saturated carbocycles. The van der Waals surface area contributed by atoms with Crippen molar-refractivity contribution in [3.8, 4) is 0 Å². The largest absolute Gasteiger partial charge is 0.359 e. The minimum absolute atomic E-state index is 0.0514. The van der Waals surface area contributed by atoms with Gasteiger partial charge in [-0.2, -0.15) is 0 Å². The molecule has 1 N–H and O–H groups in total. The monoisotopic (exact) mass is 368 g/mol. The molecule has 0 radical (unpaired) electrons. The van der Waals surface area contributed by atoms with Gasteiger partial charge in [0.25, 0.3) is 0 Å². The highest BCUT2D eigenvalue weighted by Crippen LogP contribution is 2.30. The highest BCUT2D eigenvalue weighted by Gasteiger charge is 2.28. The van der Waals surface area contributed by atoms with E-state index in [0.29, 0.717) is 25.6 Å². The molecule has 6 heteroatoms. The number of rotatable bonds is 5. The van der Waals surface area contributed by atoms with Crippen LogP contribution in [0.25, 0.3) is 10.9 Å². The molecule has 6 nitrogen and oxygen atoms in total. The fraction of sp³-hybridized carbons (Fsp3) is 0.429. The fourth-order valence-corrected chi connectivity index (χ4v) is 3.30. The number of piperazine rings is 1. The lowest BCUT2D eigenvalue weighted by molar-refractivity contribution is -0.133. The van der Waals surface area contributed by atoms with Gasteiger partial charge in [0.05, 0.1) is 5.69 Å². The number of nitrogens with zero attached hydrogens (tertiary/aromatic N) is 3. The van der Waals surface area contributed by atoms with Crippen molar-refractivity contribution in [1.82, 2.24) is 14.8 Å². The van der Waals surface area contributed by atoms with Gasteiger partial charge in [0, 0.05) is 42.8 Å². The van der Waals surface area contributed by atoms with Crippen LogP contribution in [-0.4, -0.2) is 66.9 Å². The Morgan fingerprint density at radius 3 is 2.74 bits per heavy atom. The van der Waals surface area contributed by atoms with Crippen molar-refractivity contribution >= 4 is 28.4 Å². The molecule has 0 bridgehead atoms. The van der Waals surface area contributed by atoms with Gasteiger partial charge in [-0.1, -0.05) is 32.1 Å². The van der Waals surface area contributed by atoms with Gasteiger partial charge < -0.3 is 19.7 Å². The minimum Gasteiger partial charge on any atom is -0.359 e. The van der Waals surface area contributed by atoms with Gasteiger partial charge in [-0.05, 0) is 31.6 Å². The zero-order chi connectivity index (χ0) is 19.6. The van der Waals surface area contributed by atoms with E-state index in [0.717, 1.165) is 16.6 Å². The number of carbonyl (C=O) groups is 2. The first-order valence-corrected chi connectivity index (χ1v) is 9.38. The number of hydrogen-bond donors (Lipinski definition) is 1. The van der Waals surface area contributed by atoms with Crippen LogP contribution >= 0.6 is 0 Å². The van der Waals surface area contributed by atoms with Crippen molar-refractivity contribution in [3.63, 3.8) is 0 Å². The molecule has 1 saturated heterocycles. The Labute approximate surface area is 160 Å². The molecule has 3 rings (SSSR count). The van der Waals surface area contributed by atoms with Crippen LogP contribution in [0, 0.1) is 0 Å². The summed E-state index contributed by atoms with van der Waals surface area (Å²) >= 11 is 0. The van der Waals surface area contributed by atoms with Crippen molar-refractivity contribution in [2.45, 2.75) is 19.8 Å². The van der Waals surface area contributed by atoms with E-state index >= 15 is 0 Å². The molecule has 2 amide bonds. The molecule has 1 aliphatic heterocycles. The van der Waals surface area contributed by atoms with Gasteiger partial charge in [-0.25, -0.2) is 0 Å². The Balaban J connectivity index is 1.72. The topological polar surface area (TPSA) is 59.6 Å². The fourth-order valence-electron chi connectivity index (χ4n) is 3.30. The summed E-state index contributed by atoms with van der Waals surface area (Å²) in [6.45, 7) is 6.18. The summed E-state index contributed by atoms with van der Waals surface area (Å²) in [6.07, 6.45) is 5.27. The summed E-state index contributed by atoms with van der Waals surface area (Å²) in [6, 6.07) is 6.33. The van der Waals surface area contributed by atoms with Crippen molar-refractivity contribution in [2.75, 3.05) is 45.2 Å². The number of benzene rings is 1. The van der Waals surface area contributed by atoms with E-state index in [1.807, 2.05) is 31.3 Å². The van der Waals surface area contributed by atoms with Gasteiger partial charge in [-0.15, -0.1) is 0 Å². The summed E-state index contributed by atoms with van der Waals surface area (Å²) in [5.74, 6) is 0.299. The van der Waals surface area contributed by atoms with E-state index < -0.39 is 0 Å². The highest BCUT2D eigenvalue weighted by atomic mass is 16.2. The standard InChI is InChI=1S/C21H28N4O2/c1-15(2)16-7-8-17-18(12-16)22-13-19(17)25-11-10-24(14-21(25)27)20(26)6-5-9-23(3)4/h5-8,12-13,15,22H,9-11,14H2,1-4H3/b6-5+. The molecule has 0 aliphatic carbocycles. The Kier molecular flexibility index (Phi) is 5.65. The Morgan fingerprint density at radius 1 is 1.30 bits per heavy atom. The zero-order valence-electron chi connectivity index (χ0n) is 16.5. The molecule has 0 atom stereocenters. The molecule has 1 aliphatic rings. The third kappa shape index (κ3) is 4.22. The molecule has 0 unspecified atom stereocenters.